The Kier molecular flexibility index (Phi) is 4.78. The summed E-state index contributed by atoms with van der Waals surface area (Å²) in [7, 11) is 0. The Hall–Kier alpha value is -4.00. The van der Waals surface area contributed by atoms with Crippen molar-refractivity contribution in [2.45, 2.75) is 39.0 Å². The van der Waals surface area contributed by atoms with E-state index in [0.29, 0.717) is 17.1 Å². The van der Waals surface area contributed by atoms with Gasteiger partial charge in [-0.1, -0.05) is 57.2 Å². The summed E-state index contributed by atoms with van der Waals surface area (Å²) < 4.78 is 16.0. The summed E-state index contributed by atoms with van der Waals surface area (Å²) in [6.45, 7) is 7.47. The Labute approximate surface area is 203 Å². The maximum absolute atomic E-state index is 14.1. The number of rotatable bonds is 2. The molecule has 3 heterocycles. The first-order valence-corrected chi connectivity index (χ1v) is 11.9. The molecule has 1 aliphatic rings. The highest BCUT2D eigenvalue weighted by molar-refractivity contribution is 5.85. The van der Waals surface area contributed by atoms with Gasteiger partial charge in [0.15, 0.2) is 0 Å². The Balaban J connectivity index is 1.48. The fraction of sp³-hybridized carbons (Fsp3) is 0.250. The molecule has 7 heteroatoms. The highest BCUT2D eigenvalue weighted by atomic mass is 19.1. The van der Waals surface area contributed by atoms with Crippen molar-refractivity contribution in [2.75, 3.05) is 17.2 Å². The molecule has 5 aromatic rings. The van der Waals surface area contributed by atoms with Crippen LogP contribution >= 0.6 is 0 Å². The first-order chi connectivity index (χ1) is 16.8. The SMILES string of the molecule is CC(C)(C)c1ccc(-c2ccc3c(c2)N(c2nnc4ncc5cc(F)c(N)cc5n24)CCC3)cc1. The van der Waals surface area contributed by atoms with E-state index in [1.807, 2.05) is 4.40 Å². The van der Waals surface area contributed by atoms with E-state index >= 15 is 0 Å². The Bertz CT molecular complexity index is 1580. The topological polar surface area (TPSA) is 72.3 Å². The molecule has 2 N–H and O–H groups in total. The van der Waals surface area contributed by atoms with Gasteiger partial charge in [0.05, 0.1) is 11.2 Å². The predicted octanol–water partition coefficient (Wildman–Crippen LogP) is 6.05. The van der Waals surface area contributed by atoms with Crippen LogP contribution < -0.4 is 10.6 Å². The van der Waals surface area contributed by atoms with Crippen molar-refractivity contribution < 1.29 is 4.39 Å². The van der Waals surface area contributed by atoms with Crippen LogP contribution in [-0.4, -0.2) is 26.1 Å². The minimum atomic E-state index is -0.460. The number of hydrogen-bond acceptors (Lipinski definition) is 5. The molecule has 0 spiro atoms. The number of nitrogens with two attached hydrogens (primary N) is 1. The Morgan fingerprint density at radius 1 is 0.943 bits per heavy atom. The van der Waals surface area contributed by atoms with E-state index in [2.05, 4.69) is 83.3 Å². The van der Waals surface area contributed by atoms with Gasteiger partial charge in [0, 0.05) is 23.8 Å². The number of aromatic nitrogens is 4. The normalized spacial score (nSPS) is 14.0. The van der Waals surface area contributed by atoms with Crippen molar-refractivity contribution in [3.63, 3.8) is 0 Å². The van der Waals surface area contributed by atoms with Gasteiger partial charge in [0.1, 0.15) is 5.82 Å². The van der Waals surface area contributed by atoms with Crippen LogP contribution in [0.15, 0.2) is 60.8 Å². The van der Waals surface area contributed by atoms with E-state index < -0.39 is 5.82 Å². The molecule has 6 nitrogen and oxygen atoms in total. The average Bonchev–Trinajstić information content (AvgIpc) is 3.28. The maximum Gasteiger partial charge on any atom is 0.256 e. The van der Waals surface area contributed by atoms with Crippen LogP contribution in [0.25, 0.3) is 27.8 Å². The molecule has 0 amide bonds. The van der Waals surface area contributed by atoms with Gasteiger partial charge in [-0.05, 0) is 58.7 Å². The number of fused-ring (bicyclic) bond motifs is 4. The fourth-order valence-electron chi connectivity index (χ4n) is 4.88. The summed E-state index contributed by atoms with van der Waals surface area (Å²) in [5, 5.41) is 9.46. The predicted molar refractivity (Wildman–Crippen MR) is 139 cm³/mol. The highest BCUT2D eigenvalue weighted by Crippen LogP contribution is 2.37. The molecule has 0 atom stereocenters. The third kappa shape index (κ3) is 3.58. The third-order valence-electron chi connectivity index (χ3n) is 6.86. The lowest BCUT2D eigenvalue weighted by Gasteiger charge is -2.30. The molecular weight excluding hydrogens is 439 g/mol. The summed E-state index contributed by atoms with van der Waals surface area (Å²) in [4.78, 5) is 6.59. The molecule has 3 aromatic carbocycles. The molecule has 0 bridgehead atoms. The quantitative estimate of drug-likeness (QED) is 0.321. The van der Waals surface area contributed by atoms with Crippen LogP contribution in [0.5, 0.6) is 0 Å². The van der Waals surface area contributed by atoms with Crippen molar-refractivity contribution in [2.24, 2.45) is 0 Å². The second kappa shape index (κ2) is 7.77. The second-order valence-electron chi connectivity index (χ2n) is 10.3. The molecule has 0 saturated heterocycles. The lowest BCUT2D eigenvalue weighted by atomic mass is 9.86. The largest absolute Gasteiger partial charge is 0.396 e. The maximum atomic E-state index is 14.1. The van der Waals surface area contributed by atoms with Crippen molar-refractivity contribution in [3.05, 3.63) is 77.7 Å². The number of nitrogens with zero attached hydrogens (tertiary/aromatic N) is 5. The molecular formula is C28H27FN6. The Morgan fingerprint density at radius 3 is 2.49 bits per heavy atom. The van der Waals surface area contributed by atoms with Gasteiger partial charge >= 0.3 is 0 Å². The zero-order valence-corrected chi connectivity index (χ0v) is 20.1. The molecule has 2 aromatic heterocycles. The number of benzene rings is 3. The molecule has 0 saturated carbocycles. The molecule has 0 radical (unpaired) electrons. The summed E-state index contributed by atoms with van der Waals surface area (Å²) >= 11 is 0. The standard InChI is InChI=1S/C28H27FN6/c1-28(2,3)21-10-8-17(9-11-21)19-7-6-18-5-4-12-34(24(18)14-19)27-33-32-26-31-16-20-13-22(29)23(30)15-25(20)35(26)27/h6-11,13-16H,4-5,12,30H2,1-3H3. The molecule has 6 rings (SSSR count). The lowest BCUT2D eigenvalue weighted by Crippen LogP contribution is -2.26. The molecule has 1 aliphatic heterocycles. The van der Waals surface area contributed by atoms with Crippen LogP contribution in [0.3, 0.4) is 0 Å². The van der Waals surface area contributed by atoms with Crippen LogP contribution in [0, 0.1) is 5.82 Å². The number of hydrogen-bond donors (Lipinski definition) is 1. The van der Waals surface area contributed by atoms with Crippen LogP contribution in [0.2, 0.25) is 0 Å². The van der Waals surface area contributed by atoms with Gasteiger partial charge < -0.3 is 10.6 Å². The van der Waals surface area contributed by atoms with E-state index in [-0.39, 0.29) is 11.1 Å². The summed E-state index contributed by atoms with van der Waals surface area (Å²) in [6, 6.07) is 18.5. The van der Waals surface area contributed by atoms with Gasteiger partial charge in [-0.3, -0.25) is 0 Å². The first kappa shape index (κ1) is 21.5. The minimum Gasteiger partial charge on any atom is -0.396 e. The number of anilines is 3. The second-order valence-corrected chi connectivity index (χ2v) is 10.3. The number of aryl methyl sites for hydroxylation is 1. The van der Waals surface area contributed by atoms with Gasteiger partial charge in [0.2, 0.25) is 5.95 Å². The van der Waals surface area contributed by atoms with Gasteiger partial charge in [-0.25, -0.2) is 13.8 Å². The summed E-state index contributed by atoms with van der Waals surface area (Å²) in [5.41, 5.74) is 12.9. The fourth-order valence-corrected chi connectivity index (χ4v) is 4.88. The first-order valence-electron chi connectivity index (χ1n) is 11.9. The van der Waals surface area contributed by atoms with Crippen LogP contribution in [0.4, 0.5) is 21.7 Å². The van der Waals surface area contributed by atoms with E-state index in [4.69, 9.17) is 5.73 Å². The van der Waals surface area contributed by atoms with E-state index in [1.54, 1.807) is 12.3 Å². The molecule has 0 fully saturated rings. The molecule has 0 unspecified atom stereocenters. The molecule has 0 aliphatic carbocycles. The van der Waals surface area contributed by atoms with Gasteiger partial charge in [-0.15, -0.1) is 10.2 Å². The van der Waals surface area contributed by atoms with Gasteiger partial charge in [0.25, 0.3) is 5.78 Å². The summed E-state index contributed by atoms with van der Waals surface area (Å²) in [5.74, 6) is 0.656. The van der Waals surface area contributed by atoms with E-state index in [0.717, 1.165) is 36.2 Å². The van der Waals surface area contributed by atoms with Crippen LogP contribution in [-0.2, 0) is 11.8 Å². The van der Waals surface area contributed by atoms with E-state index in [1.165, 1.54) is 22.8 Å². The van der Waals surface area contributed by atoms with Gasteiger partial charge in [-0.2, -0.15) is 0 Å². The van der Waals surface area contributed by atoms with Crippen molar-refractivity contribution in [1.29, 1.82) is 0 Å². The third-order valence-corrected chi connectivity index (χ3v) is 6.86. The zero-order chi connectivity index (χ0) is 24.3. The number of halogens is 1. The molecule has 35 heavy (non-hydrogen) atoms. The zero-order valence-electron chi connectivity index (χ0n) is 20.1. The smallest absolute Gasteiger partial charge is 0.256 e. The van der Waals surface area contributed by atoms with Crippen LogP contribution in [0.1, 0.15) is 38.3 Å². The highest BCUT2D eigenvalue weighted by Gasteiger charge is 2.24. The van der Waals surface area contributed by atoms with Crippen molar-refractivity contribution in [1.82, 2.24) is 19.6 Å². The minimum absolute atomic E-state index is 0.0877. The number of nitrogen functional groups attached to an aromatic ring is 1. The van der Waals surface area contributed by atoms with Crippen molar-refractivity contribution in [3.8, 4) is 11.1 Å². The lowest BCUT2D eigenvalue weighted by molar-refractivity contribution is 0.590. The van der Waals surface area contributed by atoms with Crippen molar-refractivity contribution >= 4 is 34.0 Å². The average molecular weight is 467 g/mol. The summed E-state index contributed by atoms with van der Waals surface area (Å²) in [6.07, 6.45) is 3.61. The monoisotopic (exact) mass is 466 g/mol. The molecule has 176 valence electrons. The Morgan fingerprint density at radius 2 is 1.71 bits per heavy atom. The van der Waals surface area contributed by atoms with E-state index in [9.17, 15) is 4.39 Å².